The van der Waals surface area contributed by atoms with E-state index < -0.39 is 0 Å². The predicted molar refractivity (Wildman–Crippen MR) is 129 cm³/mol. The Labute approximate surface area is 192 Å². The fraction of sp³-hybridized carbons (Fsp3) is 0.222. The molecule has 1 saturated heterocycles. The molecule has 5 heteroatoms. The average Bonchev–Trinajstić information content (AvgIpc) is 3.19. The Morgan fingerprint density at radius 3 is 2.34 bits per heavy atom. The third kappa shape index (κ3) is 4.04. The maximum atomic E-state index is 13.1. The molecule has 162 valence electrons. The minimum absolute atomic E-state index is 0.157. The highest BCUT2D eigenvalue weighted by atomic mass is 35.5. The number of rotatable bonds is 5. The maximum Gasteiger partial charge on any atom is 0.255 e. The molecule has 2 heterocycles. The van der Waals surface area contributed by atoms with Gasteiger partial charge in [-0.05, 0) is 61.8 Å². The number of fused-ring (bicyclic) bond motifs is 1. The Morgan fingerprint density at radius 1 is 0.875 bits per heavy atom. The van der Waals surface area contributed by atoms with E-state index in [-0.39, 0.29) is 11.9 Å². The lowest BCUT2D eigenvalue weighted by Crippen LogP contribution is -2.34. The fourth-order valence-corrected chi connectivity index (χ4v) is 4.78. The van der Waals surface area contributed by atoms with Crippen LogP contribution < -0.4 is 5.32 Å². The van der Waals surface area contributed by atoms with Crippen LogP contribution in [0.4, 0.5) is 5.69 Å². The van der Waals surface area contributed by atoms with Gasteiger partial charge < -0.3 is 9.73 Å². The van der Waals surface area contributed by atoms with Gasteiger partial charge in [0, 0.05) is 16.0 Å². The number of furan rings is 1. The molecular formula is C27H25ClN2O2. The van der Waals surface area contributed by atoms with Crippen molar-refractivity contribution in [2.45, 2.75) is 25.3 Å². The smallest absolute Gasteiger partial charge is 0.255 e. The highest BCUT2D eigenvalue weighted by Crippen LogP contribution is 2.43. The van der Waals surface area contributed by atoms with Crippen molar-refractivity contribution in [2.24, 2.45) is 0 Å². The van der Waals surface area contributed by atoms with Crippen LogP contribution in [0, 0.1) is 0 Å². The summed E-state index contributed by atoms with van der Waals surface area (Å²) in [6.07, 6.45) is 3.49. The zero-order valence-electron chi connectivity index (χ0n) is 17.8. The van der Waals surface area contributed by atoms with Gasteiger partial charge >= 0.3 is 0 Å². The lowest BCUT2D eigenvalue weighted by Gasteiger charge is -2.34. The van der Waals surface area contributed by atoms with Crippen LogP contribution >= 0.6 is 11.6 Å². The minimum atomic E-state index is -0.178. The van der Waals surface area contributed by atoms with Crippen LogP contribution in [-0.2, 0) is 0 Å². The monoisotopic (exact) mass is 444 g/mol. The van der Waals surface area contributed by atoms with Gasteiger partial charge in [0.25, 0.3) is 5.91 Å². The van der Waals surface area contributed by atoms with E-state index in [0.29, 0.717) is 16.3 Å². The van der Waals surface area contributed by atoms with Gasteiger partial charge in [-0.2, -0.15) is 0 Å². The van der Waals surface area contributed by atoms with Crippen LogP contribution in [0.2, 0.25) is 5.02 Å². The molecule has 1 aliphatic heterocycles. The predicted octanol–water partition coefficient (Wildman–Crippen LogP) is 6.91. The van der Waals surface area contributed by atoms with Crippen LogP contribution in [0.25, 0.3) is 11.0 Å². The summed E-state index contributed by atoms with van der Waals surface area (Å²) in [7, 11) is 0. The number of benzene rings is 3. The van der Waals surface area contributed by atoms with Crippen molar-refractivity contribution in [2.75, 3.05) is 18.4 Å². The number of amides is 1. The topological polar surface area (TPSA) is 45.5 Å². The number of carbonyl (C=O) groups excluding carboxylic acids is 1. The number of halogens is 1. The van der Waals surface area contributed by atoms with Gasteiger partial charge in [-0.25, -0.2) is 0 Å². The molecule has 0 unspecified atom stereocenters. The number of nitrogens with zero attached hydrogens (tertiary/aromatic N) is 1. The summed E-state index contributed by atoms with van der Waals surface area (Å²) in [5.41, 5.74) is 3.06. The minimum Gasteiger partial charge on any atom is -0.457 e. The van der Waals surface area contributed by atoms with E-state index in [1.807, 2.05) is 72.8 Å². The van der Waals surface area contributed by atoms with Crippen LogP contribution in [0.5, 0.6) is 0 Å². The van der Waals surface area contributed by atoms with E-state index in [1.165, 1.54) is 6.42 Å². The molecule has 1 fully saturated rings. The van der Waals surface area contributed by atoms with Crippen molar-refractivity contribution < 1.29 is 9.21 Å². The van der Waals surface area contributed by atoms with Gasteiger partial charge in [0.1, 0.15) is 5.58 Å². The SMILES string of the molecule is O=C(Nc1c([C@H](c2ccccc2Cl)N2CCCCC2)oc2ccccc12)c1ccccc1. The van der Waals surface area contributed by atoms with Crippen LogP contribution in [0.15, 0.2) is 83.3 Å². The second-order valence-corrected chi connectivity index (χ2v) is 8.59. The van der Waals surface area contributed by atoms with Gasteiger partial charge in [-0.1, -0.05) is 66.6 Å². The van der Waals surface area contributed by atoms with Gasteiger partial charge in [-0.3, -0.25) is 9.69 Å². The average molecular weight is 445 g/mol. The summed E-state index contributed by atoms with van der Waals surface area (Å²) >= 11 is 6.69. The Kier molecular flexibility index (Phi) is 5.97. The van der Waals surface area contributed by atoms with E-state index in [4.69, 9.17) is 16.0 Å². The van der Waals surface area contributed by atoms with E-state index in [9.17, 15) is 4.79 Å². The normalized spacial score (nSPS) is 15.5. The van der Waals surface area contributed by atoms with Crippen molar-refractivity contribution in [3.63, 3.8) is 0 Å². The highest BCUT2D eigenvalue weighted by molar-refractivity contribution is 6.31. The summed E-state index contributed by atoms with van der Waals surface area (Å²) in [4.78, 5) is 15.5. The summed E-state index contributed by atoms with van der Waals surface area (Å²) in [5, 5.41) is 4.74. The molecule has 1 N–H and O–H groups in total. The molecule has 3 aromatic carbocycles. The Balaban J connectivity index is 1.65. The van der Waals surface area contributed by atoms with Gasteiger partial charge in [-0.15, -0.1) is 0 Å². The third-order valence-corrected chi connectivity index (χ3v) is 6.45. The second kappa shape index (κ2) is 9.19. The number of anilines is 1. The zero-order valence-corrected chi connectivity index (χ0v) is 18.5. The van der Waals surface area contributed by atoms with Crippen LogP contribution in [0.3, 0.4) is 0 Å². The molecule has 0 radical (unpaired) electrons. The first-order chi connectivity index (χ1) is 15.7. The quantitative estimate of drug-likeness (QED) is 0.363. The molecule has 32 heavy (non-hydrogen) atoms. The molecule has 1 aliphatic rings. The molecule has 5 rings (SSSR count). The largest absolute Gasteiger partial charge is 0.457 e. The van der Waals surface area contributed by atoms with E-state index in [0.717, 1.165) is 48.2 Å². The number of nitrogens with one attached hydrogen (secondary N) is 1. The first-order valence-corrected chi connectivity index (χ1v) is 11.5. The molecule has 1 atom stereocenters. The zero-order chi connectivity index (χ0) is 21.9. The van der Waals surface area contributed by atoms with Crippen molar-refractivity contribution in [3.05, 3.63) is 101 Å². The fourth-order valence-electron chi connectivity index (χ4n) is 4.54. The first kappa shape index (κ1) is 20.8. The van der Waals surface area contributed by atoms with Crippen molar-refractivity contribution in [1.29, 1.82) is 0 Å². The first-order valence-electron chi connectivity index (χ1n) is 11.1. The molecule has 0 aliphatic carbocycles. The summed E-state index contributed by atoms with van der Waals surface area (Å²) < 4.78 is 6.45. The lowest BCUT2D eigenvalue weighted by molar-refractivity contribution is 0.102. The lowest BCUT2D eigenvalue weighted by atomic mass is 9.98. The molecule has 4 aromatic rings. The maximum absolute atomic E-state index is 13.1. The molecule has 4 nitrogen and oxygen atoms in total. The van der Waals surface area contributed by atoms with E-state index in [2.05, 4.69) is 16.3 Å². The van der Waals surface area contributed by atoms with Gasteiger partial charge in [0.2, 0.25) is 0 Å². The molecule has 0 saturated carbocycles. The number of hydrogen-bond acceptors (Lipinski definition) is 3. The standard InChI is InChI=1S/C27H25ClN2O2/c28-22-15-7-5-13-20(22)25(30-17-9-2-10-18-30)26-24(21-14-6-8-16-23(21)32-26)29-27(31)19-11-3-1-4-12-19/h1,3-8,11-16,25H,2,9-10,17-18H2,(H,29,31)/t25-/m0/s1. The summed E-state index contributed by atoms with van der Waals surface area (Å²) in [6.45, 7) is 1.91. The van der Waals surface area contributed by atoms with Crippen molar-refractivity contribution in [3.8, 4) is 0 Å². The molecule has 0 spiro atoms. The number of para-hydroxylation sites is 1. The van der Waals surface area contributed by atoms with Gasteiger partial charge in [0.05, 0.1) is 11.7 Å². The number of piperidine rings is 1. The van der Waals surface area contributed by atoms with E-state index in [1.54, 1.807) is 0 Å². The molecular weight excluding hydrogens is 420 g/mol. The van der Waals surface area contributed by atoms with Crippen LogP contribution in [-0.4, -0.2) is 23.9 Å². The summed E-state index contributed by atoms with van der Waals surface area (Å²) in [6, 6.07) is 24.8. The third-order valence-electron chi connectivity index (χ3n) is 6.10. The van der Waals surface area contributed by atoms with Crippen LogP contribution in [0.1, 0.15) is 47.0 Å². The summed E-state index contributed by atoms with van der Waals surface area (Å²) in [5.74, 6) is 0.570. The Morgan fingerprint density at radius 2 is 1.56 bits per heavy atom. The molecule has 1 aromatic heterocycles. The Hall–Kier alpha value is -3.08. The van der Waals surface area contributed by atoms with Crippen molar-refractivity contribution >= 4 is 34.2 Å². The van der Waals surface area contributed by atoms with E-state index >= 15 is 0 Å². The van der Waals surface area contributed by atoms with Gasteiger partial charge in [0.15, 0.2) is 5.76 Å². The highest BCUT2D eigenvalue weighted by Gasteiger charge is 2.32. The number of carbonyl (C=O) groups is 1. The molecule has 0 bridgehead atoms. The Bertz CT molecular complexity index is 1230. The van der Waals surface area contributed by atoms with Crippen molar-refractivity contribution in [1.82, 2.24) is 4.90 Å². The number of likely N-dealkylation sites (tertiary alicyclic amines) is 1. The number of hydrogen-bond donors (Lipinski definition) is 1. The second-order valence-electron chi connectivity index (χ2n) is 8.18. The molecule has 1 amide bonds.